The van der Waals surface area contributed by atoms with Gasteiger partial charge in [0, 0.05) is 24.1 Å². The van der Waals surface area contributed by atoms with Crippen molar-refractivity contribution in [1.29, 1.82) is 0 Å². The van der Waals surface area contributed by atoms with Gasteiger partial charge in [0.2, 0.25) is 0 Å². The van der Waals surface area contributed by atoms with E-state index in [-0.39, 0.29) is 29.6 Å². The molecule has 29 heavy (non-hydrogen) atoms. The maximum absolute atomic E-state index is 12.6. The summed E-state index contributed by atoms with van der Waals surface area (Å²) in [6, 6.07) is 8.47. The second kappa shape index (κ2) is 8.06. The van der Waals surface area contributed by atoms with Crippen LogP contribution in [0.5, 0.6) is 0 Å². The largest absolute Gasteiger partial charge is 0.469 e. The summed E-state index contributed by atoms with van der Waals surface area (Å²) in [5.41, 5.74) is 1.16. The molecule has 2 bridgehead atoms. The molecule has 1 heterocycles. The maximum atomic E-state index is 12.6. The van der Waals surface area contributed by atoms with Crippen molar-refractivity contribution in [2.75, 3.05) is 12.4 Å². The highest BCUT2D eigenvalue weighted by Crippen LogP contribution is 2.48. The van der Waals surface area contributed by atoms with Gasteiger partial charge < -0.3 is 15.4 Å². The molecule has 1 aromatic heterocycles. The molecule has 152 valence electrons. The van der Waals surface area contributed by atoms with Gasteiger partial charge in [-0.25, -0.2) is 14.6 Å². The molecule has 0 aliphatic heterocycles. The Kier molecular flexibility index (Phi) is 5.33. The molecule has 0 spiro atoms. The average Bonchev–Trinajstić information content (AvgIpc) is 3.31. The minimum absolute atomic E-state index is 0.196. The fraction of sp³-hybridized carbons (Fsp3) is 0.429. The molecule has 8 heteroatoms. The molecule has 2 amide bonds. The highest BCUT2D eigenvalue weighted by atomic mass is 16.5. The lowest BCUT2D eigenvalue weighted by atomic mass is 9.84. The van der Waals surface area contributed by atoms with Crippen molar-refractivity contribution in [3.05, 3.63) is 58.8 Å². The molecule has 2 aliphatic rings. The van der Waals surface area contributed by atoms with Crippen LogP contribution in [-0.2, 0) is 16.1 Å². The summed E-state index contributed by atoms with van der Waals surface area (Å²) in [5, 5.41) is 5.83. The Morgan fingerprint density at radius 3 is 2.86 bits per heavy atom. The highest BCUT2D eigenvalue weighted by molar-refractivity contribution is 5.90. The standard InChI is InChI=1S/C21H24N4O4/c1-29-19(26)17-14-6-7-15(11-14)18(17)24-20(27)23-16-5-2-4-13(10-16)12-25-9-3-8-22-21(25)28/h2-5,8-10,14-15,17-18H,6-7,11-12H2,1H3,(H2,23,24,27). The summed E-state index contributed by atoms with van der Waals surface area (Å²) in [6.45, 7) is 0.362. The summed E-state index contributed by atoms with van der Waals surface area (Å²) in [7, 11) is 1.39. The smallest absolute Gasteiger partial charge is 0.347 e. The van der Waals surface area contributed by atoms with Crippen LogP contribution in [-0.4, -0.2) is 34.7 Å². The summed E-state index contributed by atoms with van der Waals surface area (Å²) in [5.74, 6) is 0.0946. The Morgan fingerprint density at radius 2 is 2.07 bits per heavy atom. The molecule has 1 aromatic carbocycles. The van der Waals surface area contributed by atoms with Crippen molar-refractivity contribution in [2.24, 2.45) is 17.8 Å². The molecule has 0 radical (unpaired) electrons. The van der Waals surface area contributed by atoms with E-state index in [0.717, 1.165) is 24.8 Å². The number of rotatable bonds is 5. The monoisotopic (exact) mass is 396 g/mol. The Morgan fingerprint density at radius 1 is 1.24 bits per heavy atom. The first-order valence-corrected chi connectivity index (χ1v) is 9.81. The van der Waals surface area contributed by atoms with Crippen LogP contribution in [0.1, 0.15) is 24.8 Å². The number of nitrogens with one attached hydrogen (secondary N) is 2. The van der Waals surface area contributed by atoms with Gasteiger partial charge >= 0.3 is 17.7 Å². The van der Waals surface area contributed by atoms with E-state index in [4.69, 9.17) is 4.74 Å². The molecule has 4 unspecified atom stereocenters. The third kappa shape index (κ3) is 4.01. The maximum Gasteiger partial charge on any atom is 0.347 e. The van der Waals surface area contributed by atoms with E-state index in [2.05, 4.69) is 15.6 Å². The molecule has 2 fully saturated rings. The SMILES string of the molecule is COC(=O)C1C2CCC(C2)C1NC(=O)Nc1cccc(Cn2cccnc2=O)c1. The predicted octanol–water partition coefficient (Wildman–Crippen LogP) is 2.00. The van der Waals surface area contributed by atoms with Crippen LogP contribution in [0.4, 0.5) is 10.5 Å². The number of nitrogens with zero attached hydrogens (tertiary/aromatic N) is 2. The van der Waals surface area contributed by atoms with Crippen LogP contribution in [0, 0.1) is 17.8 Å². The normalized spacial score (nSPS) is 24.9. The van der Waals surface area contributed by atoms with Crippen molar-refractivity contribution in [1.82, 2.24) is 14.9 Å². The second-order valence-electron chi connectivity index (χ2n) is 7.74. The summed E-state index contributed by atoms with van der Waals surface area (Å²) in [4.78, 5) is 40.3. The van der Waals surface area contributed by atoms with E-state index in [0.29, 0.717) is 24.1 Å². The van der Waals surface area contributed by atoms with Gasteiger partial charge in [-0.2, -0.15) is 0 Å². The number of aromatic nitrogens is 2. The molecule has 2 aliphatic carbocycles. The molecule has 4 atom stereocenters. The lowest BCUT2D eigenvalue weighted by Gasteiger charge is -2.29. The quantitative estimate of drug-likeness (QED) is 0.753. The number of benzene rings is 1. The van der Waals surface area contributed by atoms with E-state index in [1.165, 1.54) is 17.9 Å². The zero-order valence-electron chi connectivity index (χ0n) is 16.2. The van der Waals surface area contributed by atoms with Gasteiger partial charge in [-0.05, 0) is 54.9 Å². The number of ether oxygens (including phenoxy) is 1. The van der Waals surface area contributed by atoms with Gasteiger partial charge in [-0.3, -0.25) is 9.36 Å². The predicted molar refractivity (Wildman–Crippen MR) is 106 cm³/mol. The fourth-order valence-corrected chi connectivity index (χ4v) is 4.74. The average molecular weight is 396 g/mol. The molecular formula is C21H24N4O4. The van der Waals surface area contributed by atoms with E-state index in [9.17, 15) is 14.4 Å². The number of urea groups is 1. The first kappa shape index (κ1) is 19.2. The van der Waals surface area contributed by atoms with Gasteiger partial charge in [0.05, 0.1) is 19.6 Å². The van der Waals surface area contributed by atoms with E-state index < -0.39 is 0 Å². The van der Waals surface area contributed by atoms with Gasteiger partial charge in [0.25, 0.3) is 0 Å². The van der Waals surface area contributed by atoms with Gasteiger partial charge in [-0.1, -0.05) is 12.1 Å². The molecule has 4 rings (SSSR count). The van der Waals surface area contributed by atoms with Gasteiger partial charge in [0.1, 0.15) is 0 Å². The molecule has 2 saturated carbocycles. The van der Waals surface area contributed by atoms with Crippen LogP contribution < -0.4 is 16.3 Å². The fourth-order valence-electron chi connectivity index (χ4n) is 4.74. The van der Waals surface area contributed by atoms with Gasteiger partial charge in [-0.15, -0.1) is 0 Å². The number of fused-ring (bicyclic) bond motifs is 2. The number of esters is 1. The molecule has 8 nitrogen and oxygen atoms in total. The van der Waals surface area contributed by atoms with Crippen LogP contribution in [0.3, 0.4) is 0 Å². The zero-order chi connectivity index (χ0) is 20.4. The van der Waals surface area contributed by atoms with Crippen molar-refractivity contribution < 1.29 is 14.3 Å². The minimum Gasteiger partial charge on any atom is -0.469 e. The Hall–Kier alpha value is -3.16. The summed E-state index contributed by atoms with van der Waals surface area (Å²) in [6.07, 6.45) is 6.13. The molecule has 0 saturated heterocycles. The van der Waals surface area contributed by atoms with E-state index in [1.54, 1.807) is 18.3 Å². The Labute approximate surface area is 168 Å². The number of anilines is 1. The van der Waals surface area contributed by atoms with Crippen molar-refractivity contribution in [3.8, 4) is 0 Å². The number of carbonyl (C=O) groups is 2. The van der Waals surface area contributed by atoms with Crippen molar-refractivity contribution in [3.63, 3.8) is 0 Å². The van der Waals surface area contributed by atoms with Crippen LogP contribution >= 0.6 is 0 Å². The molecule has 2 aromatic rings. The summed E-state index contributed by atoms with van der Waals surface area (Å²) >= 11 is 0. The topological polar surface area (TPSA) is 102 Å². The third-order valence-electron chi connectivity index (χ3n) is 6.01. The van der Waals surface area contributed by atoms with Crippen molar-refractivity contribution >= 4 is 17.7 Å². The van der Waals surface area contributed by atoms with Crippen molar-refractivity contribution in [2.45, 2.75) is 31.8 Å². The van der Waals surface area contributed by atoms with E-state index in [1.807, 2.05) is 18.2 Å². The van der Waals surface area contributed by atoms with Crippen LogP contribution in [0.25, 0.3) is 0 Å². The highest BCUT2D eigenvalue weighted by Gasteiger charge is 2.52. The Balaban J connectivity index is 1.42. The molecule has 2 N–H and O–H groups in total. The van der Waals surface area contributed by atoms with Crippen LogP contribution in [0.15, 0.2) is 47.5 Å². The first-order valence-electron chi connectivity index (χ1n) is 9.81. The number of hydrogen-bond acceptors (Lipinski definition) is 5. The Bertz CT molecular complexity index is 973. The lowest BCUT2D eigenvalue weighted by Crippen LogP contribution is -2.48. The van der Waals surface area contributed by atoms with Gasteiger partial charge in [0.15, 0.2) is 0 Å². The first-order chi connectivity index (χ1) is 14.0. The molecular weight excluding hydrogens is 372 g/mol. The lowest BCUT2D eigenvalue weighted by molar-refractivity contribution is -0.148. The van der Waals surface area contributed by atoms with Crippen LogP contribution in [0.2, 0.25) is 0 Å². The number of hydrogen-bond donors (Lipinski definition) is 2. The van der Waals surface area contributed by atoms with E-state index >= 15 is 0 Å². The second-order valence-corrected chi connectivity index (χ2v) is 7.74. The third-order valence-corrected chi connectivity index (χ3v) is 6.01. The minimum atomic E-state index is -0.341. The summed E-state index contributed by atoms with van der Waals surface area (Å²) < 4.78 is 6.45. The number of methoxy groups -OCH3 is 1. The number of carbonyl (C=O) groups excluding carboxylic acids is 2. The zero-order valence-corrected chi connectivity index (χ0v) is 16.2. The number of amides is 2.